The van der Waals surface area contributed by atoms with Gasteiger partial charge in [0.15, 0.2) is 0 Å². The lowest BCUT2D eigenvalue weighted by Crippen LogP contribution is -2.11. The first-order chi connectivity index (χ1) is 8.22. The van der Waals surface area contributed by atoms with E-state index in [9.17, 15) is 9.59 Å². The van der Waals surface area contributed by atoms with E-state index >= 15 is 0 Å². The first-order valence-corrected chi connectivity index (χ1v) is 5.61. The number of esters is 1. The molecule has 2 rings (SSSR count). The molecule has 3 heteroatoms. The van der Waals surface area contributed by atoms with Crippen molar-refractivity contribution in [2.24, 2.45) is 0 Å². The number of fused-ring (bicyclic) bond motifs is 1. The van der Waals surface area contributed by atoms with Gasteiger partial charge in [0.1, 0.15) is 5.78 Å². The minimum absolute atomic E-state index is 0.154. The molecule has 0 aromatic heterocycles. The van der Waals surface area contributed by atoms with Gasteiger partial charge in [-0.2, -0.15) is 0 Å². The Morgan fingerprint density at radius 1 is 1.24 bits per heavy atom. The molecule has 0 radical (unpaired) electrons. The molecule has 0 saturated carbocycles. The fourth-order valence-electron chi connectivity index (χ4n) is 2.01. The van der Waals surface area contributed by atoms with Crippen LogP contribution < -0.4 is 0 Å². The molecule has 0 atom stereocenters. The molecule has 0 aliphatic heterocycles. The molecule has 1 aromatic carbocycles. The zero-order chi connectivity index (χ0) is 12.3. The third kappa shape index (κ3) is 2.44. The summed E-state index contributed by atoms with van der Waals surface area (Å²) in [4.78, 5) is 23.2. The summed E-state index contributed by atoms with van der Waals surface area (Å²) in [6.45, 7) is 0. The van der Waals surface area contributed by atoms with Crippen molar-refractivity contribution >= 4 is 17.3 Å². The molecular formula is C14H14O3. The maximum absolute atomic E-state index is 11.7. The highest BCUT2D eigenvalue weighted by atomic mass is 16.5. The van der Waals surface area contributed by atoms with Crippen LogP contribution in [0.1, 0.15) is 24.0 Å². The fraction of sp³-hybridized carbons (Fsp3) is 0.286. The lowest BCUT2D eigenvalue weighted by atomic mass is 9.92. The number of ketones is 1. The summed E-state index contributed by atoms with van der Waals surface area (Å²) in [7, 11) is 1.35. The topological polar surface area (TPSA) is 43.4 Å². The summed E-state index contributed by atoms with van der Waals surface area (Å²) < 4.78 is 4.76. The summed E-state index contributed by atoms with van der Waals surface area (Å²) in [5, 5.41) is 0. The van der Waals surface area contributed by atoms with Crippen LogP contribution in [0.3, 0.4) is 0 Å². The Labute approximate surface area is 100 Å². The van der Waals surface area contributed by atoms with Crippen molar-refractivity contribution in [3.63, 3.8) is 0 Å². The second-order valence-electron chi connectivity index (χ2n) is 4.01. The number of carbonyl (C=O) groups is 2. The number of rotatable bonds is 1. The van der Waals surface area contributed by atoms with Crippen LogP contribution in [0.25, 0.3) is 5.57 Å². The third-order valence-corrected chi connectivity index (χ3v) is 2.92. The number of allylic oxidation sites excluding steroid dienone is 1. The van der Waals surface area contributed by atoms with Crippen LogP contribution in [0.5, 0.6) is 0 Å². The zero-order valence-corrected chi connectivity index (χ0v) is 9.73. The zero-order valence-electron chi connectivity index (χ0n) is 9.73. The number of benzene rings is 1. The van der Waals surface area contributed by atoms with Crippen LogP contribution in [0, 0.1) is 0 Å². The normalized spacial score (nSPS) is 18.4. The Morgan fingerprint density at radius 3 is 2.76 bits per heavy atom. The highest BCUT2D eigenvalue weighted by Gasteiger charge is 2.18. The van der Waals surface area contributed by atoms with Crippen LogP contribution in [-0.2, 0) is 20.7 Å². The second-order valence-corrected chi connectivity index (χ2v) is 4.01. The van der Waals surface area contributed by atoms with Crippen molar-refractivity contribution in [1.82, 2.24) is 0 Å². The van der Waals surface area contributed by atoms with Crippen molar-refractivity contribution in [3.05, 3.63) is 41.5 Å². The van der Waals surface area contributed by atoms with Crippen LogP contribution in [0.2, 0.25) is 0 Å². The molecule has 0 amide bonds. The molecule has 3 nitrogen and oxygen atoms in total. The third-order valence-electron chi connectivity index (χ3n) is 2.92. The summed E-state index contributed by atoms with van der Waals surface area (Å²) in [6.07, 6.45) is 3.19. The quantitative estimate of drug-likeness (QED) is 0.694. The molecule has 0 bridgehead atoms. The number of hydrogen-bond donors (Lipinski definition) is 0. The van der Waals surface area contributed by atoms with E-state index in [4.69, 9.17) is 4.74 Å². The standard InChI is InChI=1S/C14H14O3/c1-17-14(16)13-9-8-11(15)7-6-10-4-2-3-5-12(10)13/h2-5,9H,6-8H2,1H3/b13-9+. The van der Waals surface area contributed by atoms with Gasteiger partial charge in [-0.1, -0.05) is 30.3 Å². The summed E-state index contributed by atoms with van der Waals surface area (Å²) >= 11 is 0. The number of ether oxygens (including phenoxy) is 1. The number of aryl methyl sites for hydroxylation is 1. The first kappa shape index (κ1) is 11.6. The fourth-order valence-corrected chi connectivity index (χ4v) is 2.01. The maximum Gasteiger partial charge on any atom is 0.338 e. The van der Waals surface area contributed by atoms with E-state index in [0.717, 1.165) is 11.1 Å². The van der Waals surface area contributed by atoms with E-state index < -0.39 is 0 Å². The predicted molar refractivity (Wildman–Crippen MR) is 64.4 cm³/mol. The lowest BCUT2D eigenvalue weighted by Gasteiger charge is -2.14. The Bertz CT molecular complexity index is 486. The number of methoxy groups -OCH3 is 1. The Morgan fingerprint density at radius 2 is 2.00 bits per heavy atom. The van der Waals surface area contributed by atoms with Gasteiger partial charge < -0.3 is 4.74 Å². The van der Waals surface area contributed by atoms with Gasteiger partial charge in [0.2, 0.25) is 0 Å². The first-order valence-electron chi connectivity index (χ1n) is 5.61. The average Bonchev–Trinajstić information content (AvgIpc) is 2.35. The Balaban J connectivity index is 2.50. The Hall–Kier alpha value is -1.90. The summed E-state index contributed by atoms with van der Waals surface area (Å²) in [6, 6.07) is 7.65. The molecule has 1 aliphatic carbocycles. The van der Waals surface area contributed by atoms with Crippen molar-refractivity contribution in [2.75, 3.05) is 7.11 Å². The van der Waals surface area contributed by atoms with E-state index in [0.29, 0.717) is 24.8 Å². The number of carbonyl (C=O) groups excluding carboxylic acids is 2. The molecule has 17 heavy (non-hydrogen) atoms. The second kappa shape index (κ2) is 4.95. The van der Waals surface area contributed by atoms with Gasteiger partial charge in [-0.25, -0.2) is 4.79 Å². The van der Waals surface area contributed by atoms with Crippen LogP contribution in [0.4, 0.5) is 0 Å². The van der Waals surface area contributed by atoms with E-state index in [2.05, 4.69) is 0 Å². The van der Waals surface area contributed by atoms with Gasteiger partial charge in [-0.15, -0.1) is 0 Å². The number of Topliss-reactive ketones (excluding diaryl/α,β-unsaturated/α-hetero) is 1. The van der Waals surface area contributed by atoms with Crippen molar-refractivity contribution < 1.29 is 14.3 Å². The SMILES string of the molecule is COC(=O)/C1=C/CC(=O)CCc2ccccc21. The monoisotopic (exact) mass is 230 g/mol. The molecule has 0 N–H and O–H groups in total. The molecule has 0 unspecified atom stereocenters. The van der Waals surface area contributed by atoms with Crippen molar-refractivity contribution in [3.8, 4) is 0 Å². The van der Waals surface area contributed by atoms with E-state index in [1.165, 1.54) is 7.11 Å². The smallest absolute Gasteiger partial charge is 0.338 e. The van der Waals surface area contributed by atoms with Crippen LogP contribution >= 0.6 is 0 Å². The van der Waals surface area contributed by atoms with Crippen LogP contribution in [0.15, 0.2) is 30.3 Å². The molecule has 88 valence electrons. The minimum Gasteiger partial charge on any atom is -0.465 e. The molecular weight excluding hydrogens is 216 g/mol. The van der Waals surface area contributed by atoms with Gasteiger partial charge in [-0.05, 0) is 17.5 Å². The minimum atomic E-state index is -0.382. The van der Waals surface area contributed by atoms with Gasteiger partial charge in [0, 0.05) is 12.8 Å². The molecule has 0 saturated heterocycles. The van der Waals surface area contributed by atoms with Gasteiger partial charge in [0.25, 0.3) is 0 Å². The average molecular weight is 230 g/mol. The lowest BCUT2D eigenvalue weighted by molar-refractivity contribution is -0.133. The van der Waals surface area contributed by atoms with E-state index in [1.54, 1.807) is 6.08 Å². The molecule has 0 heterocycles. The van der Waals surface area contributed by atoms with E-state index in [1.807, 2.05) is 24.3 Å². The number of hydrogen-bond acceptors (Lipinski definition) is 3. The van der Waals surface area contributed by atoms with Crippen LogP contribution in [-0.4, -0.2) is 18.9 Å². The largest absolute Gasteiger partial charge is 0.465 e. The van der Waals surface area contributed by atoms with Gasteiger partial charge in [0.05, 0.1) is 12.7 Å². The molecule has 1 aromatic rings. The molecule has 0 spiro atoms. The Kier molecular flexibility index (Phi) is 3.38. The molecule has 1 aliphatic rings. The van der Waals surface area contributed by atoms with Gasteiger partial charge in [-0.3, -0.25) is 4.79 Å². The highest BCUT2D eigenvalue weighted by Crippen LogP contribution is 2.24. The van der Waals surface area contributed by atoms with Gasteiger partial charge >= 0.3 is 5.97 Å². The van der Waals surface area contributed by atoms with Crippen molar-refractivity contribution in [2.45, 2.75) is 19.3 Å². The highest BCUT2D eigenvalue weighted by molar-refractivity contribution is 6.17. The maximum atomic E-state index is 11.7. The summed E-state index contributed by atoms with van der Waals surface area (Å²) in [5.74, 6) is -0.229. The van der Waals surface area contributed by atoms with E-state index in [-0.39, 0.29) is 11.8 Å². The predicted octanol–water partition coefficient (Wildman–Crippen LogP) is 2.15. The molecule has 0 fully saturated rings. The summed E-state index contributed by atoms with van der Waals surface area (Å²) in [5.41, 5.74) is 2.40. The van der Waals surface area contributed by atoms with Crippen molar-refractivity contribution in [1.29, 1.82) is 0 Å².